The number of fused-ring (bicyclic) bond motifs is 1. The zero-order valence-corrected chi connectivity index (χ0v) is 10.7. The molecule has 0 aliphatic heterocycles. The molecule has 0 spiro atoms. The third-order valence-electron chi connectivity index (χ3n) is 3.77. The van der Waals surface area contributed by atoms with E-state index in [0.717, 1.165) is 40.7 Å². The maximum Gasteiger partial charge on any atom is 0.213 e. The van der Waals surface area contributed by atoms with Gasteiger partial charge in [0.25, 0.3) is 0 Å². The molecule has 1 aliphatic carbocycles. The molecule has 2 aromatic rings. The Balaban J connectivity index is 2.17. The summed E-state index contributed by atoms with van der Waals surface area (Å²) in [5, 5.41) is 0. The standard InChI is InChI=1S/C16H14FNO/c1-10-12(11-7-8-18-16(17)9-11)5-6-14-13(10)3-2-4-15(14)19/h5-9H,2-4H2,1H3. The molecule has 1 aromatic carbocycles. The molecule has 19 heavy (non-hydrogen) atoms. The summed E-state index contributed by atoms with van der Waals surface area (Å²) in [6.07, 6.45) is 3.93. The summed E-state index contributed by atoms with van der Waals surface area (Å²) in [7, 11) is 0. The van der Waals surface area contributed by atoms with E-state index in [2.05, 4.69) is 4.98 Å². The predicted molar refractivity (Wildman–Crippen MR) is 71.6 cm³/mol. The lowest BCUT2D eigenvalue weighted by Gasteiger charge is -2.19. The molecule has 1 aliphatic rings. The first-order valence-electron chi connectivity index (χ1n) is 6.44. The summed E-state index contributed by atoms with van der Waals surface area (Å²) >= 11 is 0. The van der Waals surface area contributed by atoms with Gasteiger partial charge in [0.1, 0.15) is 0 Å². The Kier molecular flexibility index (Phi) is 2.90. The van der Waals surface area contributed by atoms with E-state index in [4.69, 9.17) is 0 Å². The van der Waals surface area contributed by atoms with Crippen LogP contribution < -0.4 is 0 Å². The van der Waals surface area contributed by atoms with Gasteiger partial charge in [-0.15, -0.1) is 0 Å². The lowest BCUT2D eigenvalue weighted by molar-refractivity contribution is 0.0972. The molecule has 0 bridgehead atoms. The second kappa shape index (κ2) is 4.57. The third-order valence-corrected chi connectivity index (χ3v) is 3.77. The molecule has 0 amide bonds. The highest BCUT2D eigenvalue weighted by Gasteiger charge is 2.20. The van der Waals surface area contributed by atoms with Gasteiger partial charge in [0.05, 0.1) is 0 Å². The van der Waals surface area contributed by atoms with Crippen molar-refractivity contribution in [3.63, 3.8) is 0 Å². The molecule has 1 aromatic heterocycles. The molecule has 0 radical (unpaired) electrons. The fraction of sp³-hybridized carbons (Fsp3) is 0.250. The van der Waals surface area contributed by atoms with Crippen molar-refractivity contribution in [2.45, 2.75) is 26.2 Å². The van der Waals surface area contributed by atoms with Crippen LogP contribution >= 0.6 is 0 Å². The van der Waals surface area contributed by atoms with Crippen molar-refractivity contribution in [3.05, 3.63) is 53.1 Å². The van der Waals surface area contributed by atoms with E-state index in [1.165, 1.54) is 12.3 Å². The Labute approximate surface area is 111 Å². The molecule has 3 heteroatoms. The quantitative estimate of drug-likeness (QED) is 0.727. The molecule has 1 heterocycles. The maximum absolute atomic E-state index is 13.2. The minimum atomic E-state index is -0.481. The number of carbonyl (C=O) groups is 1. The number of ketones is 1. The topological polar surface area (TPSA) is 30.0 Å². The Morgan fingerprint density at radius 3 is 2.74 bits per heavy atom. The van der Waals surface area contributed by atoms with Crippen LogP contribution in [0, 0.1) is 12.9 Å². The van der Waals surface area contributed by atoms with E-state index < -0.39 is 5.95 Å². The number of hydrogen-bond acceptors (Lipinski definition) is 2. The van der Waals surface area contributed by atoms with Crippen molar-refractivity contribution in [1.29, 1.82) is 0 Å². The number of benzene rings is 1. The van der Waals surface area contributed by atoms with Crippen LogP contribution in [0.15, 0.2) is 30.5 Å². The monoisotopic (exact) mass is 255 g/mol. The highest BCUT2D eigenvalue weighted by molar-refractivity contribution is 5.99. The molecular formula is C16H14FNO. The molecule has 0 atom stereocenters. The second-order valence-corrected chi connectivity index (χ2v) is 4.91. The van der Waals surface area contributed by atoms with Crippen molar-refractivity contribution < 1.29 is 9.18 Å². The number of carbonyl (C=O) groups excluding carboxylic acids is 1. The second-order valence-electron chi connectivity index (χ2n) is 4.91. The maximum atomic E-state index is 13.2. The number of aromatic nitrogens is 1. The fourth-order valence-electron chi connectivity index (χ4n) is 2.78. The van der Waals surface area contributed by atoms with Gasteiger partial charge in [-0.2, -0.15) is 4.39 Å². The zero-order chi connectivity index (χ0) is 13.4. The SMILES string of the molecule is Cc1c(-c2ccnc(F)c2)ccc2c1CCCC2=O. The average molecular weight is 255 g/mol. The van der Waals surface area contributed by atoms with Gasteiger partial charge in [0.15, 0.2) is 5.78 Å². The minimum Gasteiger partial charge on any atom is -0.294 e. The number of rotatable bonds is 1. The Hall–Kier alpha value is -2.03. The highest BCUT2D eigenvalue weighted by Crippen LogP contribution is 2.32. The minimum absolute atomic E-state index is 0.219. The van der Waals surface area contributed by atoms with Crippen LogP contribution in [0.25, 0.3) is 11.1 Å². The molecule has 0 saturated heterocycles. The molecular weight excluding hydrogens is 241 g/mol. The summed E-state index contributed by atoms with van der Waals surface area (Å²) in [6.45, 7) is 2.01. The van der Waals surface area contributed by atoms with Crippen molar-refractivity contribution in [2.75, 3.05) is 0 Å². The van der Waals surface area contributed by atoms with Gasteiger partial charge in [-0.05, 0) is 48.1 Å². The van der Waals surface area contributed by atoms with E-state index in [0.29, 0.717) is 6.42 Å². The number of halogens is 1. The number of nitrogens with zero attached hydrogens (tertiary/aromatic N) is 1. The van der Waals surface area contributed by atoms with Gasteiger partial charge in [0.2, 0.25) is 5.95 Å². The summed E-state index contributed by atoms with van der Waals surface area (Å²) in [5.74, 6) is -0.262. The first-order chi connectivity index (χ1) is 9.16. The lowest BCUT2D eigenvalue weighted by Crippen LogP contribution is -2.12. The van der Waals surface area contributed by atoms with Gasteiger partial charge in [-0.1, -0.05) is 12.1 Å². The smallest absolute Gasteiger partial charge is 0.213 e. The largest absolute Gasteiger partial charge is 0.294 e. The molecule has 0 unspecified atom stereocenters. The van der Waals surface area contributed by atoms with Gasteiger partial charge in [0, 0.05) is 24.2 Å². The van der Waals surface area contributed by atoms with E-state index in [9.17, 15) is 9.18 Å². The molecule has 0 N–H and O–H groups in total. The summed E-state index contributed by atoms with van der Waals surface area (Å²) < 4.78 is 13.2. The van der Waals surface area contributed by atoms with E-state index in [1.807, 2.05) is 19.1 Å². The number of pyridine rings is 1. The van der Waals surface area contributed by atoms with Crippen LogP contribution in [0.2, 0.25) is 0 Å². The summed E-state index contributed by atoms with van der Waals surface area (Å²) in [5.41, 5.74) is 4.82. The Morgan fingerprint density at radius 1 is 1.16 bits per heavy atom. The first kappa shape index (κ1) is 12.0. The molecule has 96 valence electrons. The van der Waals surface area contributed by atoms with E-state index in [1.54, 1.807) is 6.07 Å². The normalized spacial score (nSPS) is 14.3. The van der Waals surface area contributed by atoms with Crippen LogP contribution in [0.3, 0.4) is 0 Å². The van der Waals surface area contributed by atoms with Crippen LogP contribution in [0.5, 0.6) is 0 Å². The summed E-state index contributed by atoms with van der Waals surface area (Å²) in [6, 6.07) is 7.01. The van der Waals surface area contributed by atoms with E-state index in [-0.39, 0.29) is 5.78 Å². The van der Waals surface area contributed by atoms with Gasteiger partial charge < -0.3 is 0 Å². The highest BCUT2D eigenvalue weighted by atomic mass is 19.1. The lowest BCUT2D eigenvalue weighted by atomic mass is 9.84. The van der Waals surface area contributed by atoms with E-state index >= 15 is 0 Å². The Bertz CT molecular complexity index is 664. The molecule has 0 fully saturated rings. The van der Waals surface area contributed by atoms with Crippen LogP contribution in [0.4, 0.5) is 4.39 Å². The number of hydrogen-bond donors (Lipinski definition) is 0. The van der Waals surface area contributed by atoms with Crippen LogP contribution in [-0.2, 0) is 6.42 Å². The predicted octanol–water partition coefficient (Wildman–Crippen LogP) is 3.72. The van der Waals surface area contributed by atoms with Crippen LogP contribution in [0.1, 0.15) is 34.3 Å². The van der Waals surface area contributed by atoms with Gasteiger partial charge in [-0.25, -0.2) is 4.98 Å². The molecule has 0 saturated carbocycles. The third kappa shape index (κ3) is 2.05. The first-order valence-corrected chi connectivity index (χ1v) is 6.44. The number of Topliss-reactive ketones (excluding diaryl/α,β-unsaturated/α-hetero) is 1. The fourth-order valence-corrected chi connectivity index (χ4v) is 2.78. The van der Waals surface area contributed by atoms with Crippen molar-refractivity contribution in [1.82, 2.24) is 4.98 Å². The molecule has 3 rings (SSSR count). The summed E-state index contributed by atoms with van der Waals surface area (Å²) in [4.78, 5) is 15.4. The van der Waals surface area contributed by atoms with Crippen LogP contribution in [-0.4, -0.2) is 10.8 Å². The van der Waals surface area contributed by atoms with Gasteiger partial charge in [-0.3, -0.25) is 4.79 Å². The molecule has 2 nitrogen and oxygen atoms in total. The average Bonchev–Trinajstić information content (AvgIpc) is 2.40. The zero-order valence-electron chi connectivity index (χ0n) is 10.7. The van der Waals surface area contributed by atoms with Crippen molar-refractivity contribution in [3.8, 4) is 11.1 Å². The Morgan fingerprint density at radius 2 is 1.95 bits per heavy atom. The van der Waals surface area contributed by atoms with Gasteiger partial charge >= 0.3 is 0 Å². The van der Waals surface area contributed by atoms with Crippen molar-refractivity contribution >= 4 is 5.78 Å². The van der Waals surface area contributed by atoms with Crippen molar-refractivity contribution in [2.24, 2.45) is 0 Å².